The molecule has 0 spiro atoms. The highest BCUT2D eigenvalue weighted by Crippen LogP contribution is 2.30. The van der Waals surface area contributed by atoms with Gasteiger partial charge in [0.2, 0.25) is 0 Å². The lowest BCUT2D eigenvalue weighted by Crippen LogP contribution is -2.49. The number of nitrogens with zero attached hydrogens (tertiary/aromatic N) is 1. The van der Waals surface area contributed by atoms with Gasteiger partial charge in [0.15, 0.2) is 0 Å². The van der Waals surface area contributed by atoms with Crippen molar-refractivity contribution in [1.82, 2.24) is 4.90 Å². The van der Waals surface area contributed by atoms with Crippen LogP contribution < -0.4 is 5.73 Å². The molecule has 5 atom stereocenters. The third-order valence-electron chi connectivity index (χ3n) is 4.19. The third-order valence-corrected chi connectivity index (χ3v) is 4.19. The molecule has 0 amide bonds. The minimum Gasteiger partial charge on any atom is -0.374 e. The largest absolute Gasteiger partial charge is 0.374 e. The molecule has 16 heavy (non-hydrogen) atoms. The summed E-state index contributed by atoms with van der Waals surface area (Å²) in [5, 5.41) is 0. The molecule has 0 saturated carbocycles. The molecule has 2 heterocycles. The first-order valence-corrected chi connectivity index (χ1v) is 6.73. The minimum atomic E-state index is 0.368. The van der Waals surface area contributed by atoms with Crippen LogP contribution >= 0.6 is 0 Å². The second-order valence-electron chi connectivity index (χ2n) is 5.75. The van der Waals surface area contributed by atoms with E-state index < -0.39 is 0 Å². The summed E-state index contributed by atoms with van der Waals surface area (Å²) in [6, 6.07) is 1.10. The maximum absolute atomic E-state index is 5.99. The van der Waals surface area contributed by atoms with Crippen LogP contribution in [0.15, 0.2) is 0 Å². The Bertz CT molecular complexity index is 234. The highest BCUT2D eigenvalue weighted by Gasteiger charge is 2.38. The Morgan fingerprint density at radius 2 is 2.06 bits per heavy atom. The second kappa shape index (κ2) is 5.03. The van der Waals surface area contributed by atoms with Gasteiger partial charge in [-0.2, -0.15) is 0 Å². The molecule has 94 valence electrons. The van der Waals surface area contributed by atoms with Gasteiger partial charge in [-0.15, -0.1) is 0 Å². The van der Waals surface area contributed by atoms with Crippen molar-refractivity contribution in [3.63, 3.8) is 0 Å². The molecule has 2 aliphatic rings. The quantitative estimate of drug-likeness (QED) is 0.794. The van der Waals surface area contributed by atoms with Gasteiger partial charge in [-0.3, -0.25) is 4.90 Å². The molecular weight excluding hydrogens is 200 g/mol. The summed E-state index contributed by atoms with van der Waals surface area (Å²) in [7, 11) is 0. The van der Waals surface area contributed by atoms with Crippen molar-refractivity contribution in [1.29, 1.82) is 0 Å². The predicted octanol–water partition coefficient (Wildman–Crippen LogP) is 1.61. The Hall–Kier alpha value is -0.120. The van der Waals surface area contributed by atoms with Crippen molar-refractivity contribution < 1.29 is 4.74 Å². The van der Waals surface area contributed by atoms with Crippen LogP contribution in [0.2, 0.25) is 0 Å². The minimum absolute atomic E-state index is 0.368. The van der Waals surface area contributed by atoms with Gasteiger partial charge in [0.25, 0.3) is 0 Å². The number of ether oxygens (including phenoxy) is 1. The lowest BCUT2D eigenvalue weighted by molar-refractivity contribution is -0.00698. The van der Waals surface area contributed by atoms with Gasteiger partial charge in [-0.05, 0) is 39.0 Å². The molecule has 0 radical (unpaired) electrons. The third kappa shape index (κ3) is 2.41. The summed E-state index contributed by atoms with van der Waals surface area (Å²) < 4.78 is 5.99. The number of nitrogens with two attached hydrogens (primary N) is 1. The standard InChI is InChI=1S/C13H26N2O/c1-9-6-10(2)15(8-9)12(7-14)13-5-4-11(3)16-13/h9-13H,4-8,14H2,1-3H3. The van der Waals surface area contributed by atoms with Crippen molar-refractivity contribution >= 4 is 0 Å². The van der Waals surface area contributed by atoms with Crippen LogP contribution in [-0.4, -0.2) is 42.3 Å². The zero-order chi connectivity index (χ0) is 11.7. The molecule has 2 N–H and O–H groups in total. The molecule has 0 aromatic rings. The van der Waals surface area contributed by atoms with Crippen LogP contribution in [0.4, 0.5) is 0 Å². The fourth-order valence-electron chi connectivity index (χ4n) is 3.41. The van der Waals surface area contributed by atoms with Gasteiger partial charge in [0.05, 0.1) is 12.2 Å². The number of rotatable bonds is 3. The van der Waals surface area contributed by atoms with Gasteiger partial charge < -0.3 is 10.5 Å². The topological polar surface area (TPSA) is 38.5 Å². The van der Waals surface area contributed by atoms with Gasteiger partial charge in [-0.1, -0.05) is 6.92 Å². The molecule has 3 heteroatoms. The zero-order valence-electron chi connectivity index (χ0n) is 10.9. The van der Waals surface area contributed by atoms with Crippen molar-refractivity contribution in [2.24, 2.45) is 11.7 Å². The Kier molecular flexibility index (Phi) is 3.88. The fourth-order valence-corrected chi connectivity index (χ4v) is 3.41. The second-order valence-corrected chi connectivity index (χ2v) is 5.75. The maximum Gasteiger partial charge on any atom is 0.0747 e. The highest BCUT2D eigenvalue weighted by molar-refractivity contribution is 4.92. The zero-order valence-corrected chi connectivity index (χ0v) is 10.9. The number of hydrogen-bond donors (Lipinski definition) is 1. The molecule has 3 nitrogen and oxygen atoms in total. The molecular formula is C13H26N2O. The van der Waals surface area contributed by atoms with E-state index in [-0.39, 0.29) is 0 Å². The van der Waals surface area contributed by atoms with Crippen LogP contribution in [0.1, 0.15) is 40.0 Å². The molecule has 0 aromatic heterocycles. The van der Waals surface area contributed by atoms with E-state index in [9.17, 15) is 0 Å². The molecule has 5 unspecified atom stereocenters. The van der Waals surface area contributed by atoms with Crippen LogP contribution in [0, 0.1) is 5.92 Å². The highest BCUT2D eigenvalue weighted by atomic mass is 16.5. The van der Waals surface area contributed by atoms with E-state index in [0.29, 0.717) is 24.3 Å². The van der Waals surface area contributed by atoms with E-state index in [1.807, 2.05) is 0 Å². The number of likely N-dealkylation sites (tertiary alicyclic amines) is 1. The summed E-state index contributed by atoms with van der Waals surface area (Å²) >= 11 is 0. The SMILES string of the molecule is CC1CC(C)N(C(CN)C2CCC(C)O2)C1. The van der Waals surface area contributed by atoms with Crippen LogP contribution in [0.3, 0.4) is 0 Å². The maximum atomic E-state index is 5.99. The molecule has 2 rings (SSSR count). The van der Waals surface area contributed by atoms with Gasteiger partial charge in [0.1, 0.15) is 0 Å². The molecule has 0 aromatic carbocycles. The summed E-state index contributed by atoms with van der Waals surface area (Å²) in [5.74, 6) is 0.808. The van der Waals surface area contributed by atoms with E-state index in [4.69, 9.17) is 10.5 Å². The lowest BCUT2D eigenvalue weighted by atomic mass is 10.1. The number of hydrogen-bond acceptors (Lipinski definition) is 3. The van der Waals surface area contributed by atoms with E-state index >= 15 is 0 Å². The van der Waals surface area contributed by atoms with E-state index in [2.05, 4.69) is 25.7 Å². The first kappa shape index (κ1) is 12.3. The van der Waals surface area contributed by atoms with Gasteiger partial charge in [0, 0.05) is 25.2 Å². The smallest absolute Gasteiger partial charge is 0.0747 e. The molecule has 2 fully saturated rings. The van der Waals surface area contributed by atoms with Crippen LogP contribution in [0.25, 0.3) is 0 Å². The summed E-state index contributed by atoms with van der Waals surface area (Å²) in [5.41, 5.74) is 5.96. The Balaban J connectivity index is 1.99. The fraction of sp³-hybridized carbons (Fsp3) is 1.00. The summed E-state index contributed by atoms with van der Waals surface area (Å²) in [6.07, 6.45) is 4.47. The average Bonchev–Trinajstić information content (AvgIpc) is 2.76. The van der Waals surface area contributed by atoms with Crippen LogP contribution in [-0.2, 0) is 4.74 Å². The van der Waals surface area contributed by atoms with E-state index in [1.165, 1.54) is 25.8 Å². The Morgan fingerprint density at radius 1 is 1.31 bits per heavy atom. The van der Waals surface area contributed by atoms with Crippen molar-refractivity contribution in [2.45, 2.75) is 64.3 Å². The predicted molar refractivity (Wildman–Crippen MR) is 66.4 cm³/mol. The summed E-state index contributed by atoms with van der Waals surface area (Å²) in [4.78, 5) is 2.58. The van der Waals surface area contributed by atoms with Crippen molar-refractivity contribution in [2.75, 3.05) is 13.1 Å². The van der Waals surface area contributed by atoms with Crippen molar-refractivity contribution in [3.8, 4) is 0 Å². The van der Waals surface area contributed by atoms with Gasteiger partial charge >= 0.3 is 0 Å². The summed E-state index contributed by atoms with van der Waals surface area (Å²) in [6.45, 7) is 8.75. The van der Waals surface area contributed by atoms with E-state index in [1.54, 1.807) is 0 Å². The first-order chi connectivity index (χ1) is 7.61. The average molecular weight is 226 g/mol. The van der Waals surface area contributed by atoms with E-state index in [0.717, 1.165) is 12.5 Å². The van der Waals surface area contributed by atoms with Crippen LogP contribution in [0.5, 0.6) is 0 Å². The molecule has 2 aliphatic heterocycles. The molecule has 0 bridgehead atoms. The monoisotopic (exact) mass is 226 g/mol. The normalized spacial score (nSPS) is 42.8. The Labute approximate surface area is 99.3 Å². The first-order valence-electron chi connectivity index (χ1n) is 6.73. The van der Waals surface area contributed by atoms with Gasteiger partial charge in [-0.25, -0.2) is 0 Å². The molecule has 2 saturated heterocycles. The molecule has 0 aliphatic carbocycles. The lowest BCUT2D eigenvalue weighted by Gasteiger charge is -2.34. The van der Waals surface area contributed by atoms with Crippen molar-refractivity contribution in [3.05, 3.63) is 0 Å². The Morgan fingerprint density at radius 3 is 2.50 bits per heavy atom.